The largest absolute Gasteiger partial charge is 0.325 e. The Kier molecular flexibility index (Phi) is 4.55. The average Bonchev–Trinajstić information content (AvgIpc) is 3.26. The Morgan fingerprint density at radius 3 is 2.70 bits per heavy atom. The number of para-hydroxylation sites is 2. The zero-order valence-electron chi connectivity index (χ0n) is 15.9. The second kappa shape index (κ2) is 6.76. The predicted octanol–water partition coefficient (Wildman–Crippen LogP) is 2.92. The van der Waals surface area contributed by atoms with Crippen molar-refractivity contribution < 1.29 is 8.42 Å². The van der Waals surface area contributed by atoms with Gasteiger partial charge in [0, 0.05) is 38.3 Å². The standard InChI is InChI=1S/C19H25N5O2S/c1-14(2)24-18-9-5-4-8-17(18)21-19(24)15-7-6-10-23(12-15)27(25,26)16-11-20-22(3)13-16/h4-5,8-9,11,13-15H,6-7,10,12H2,1-3H3/t15-/m0/s1. The topological polar surface area (TPSA) is 73.0 Å². The maximum Gasteiger partial charge on any atom is 0.246 e. The van der Waals surface area contributed by atoms with Crippen LogP contribution >= 0.6 is 0 Å². The van der Waals surface area contributed by atoms with Gasteiger partial charge >= 0.3 is 0 Å². The second-order valence-electron chi connectivity index (χ2n) is 7.47. The minimum absolute atomic E-state index is 0.0833. The summed E-state index contributed by atoms with van der Waals surface area (Å²) in [5.41, 5.74) is 2.07. The van der Waals surface area contributed by atoms with Crippen LogP contribution in [0.15, 0.2) is 41.6 Å². The van der Waals surface area contributed by atoms with Crippen LogP contribution in [0, 0.1) is 0 Å². The summed E-state index contributed by atoms with van der Waals surface area (Å²) < 4.78 is 31.4. The number of rotatable bonds is 4. The van der Waals surface area contributed by atoms with Crippen LogP contribution in [0.2, 0.25) is 0 Å². The zero-order valence-corrected chi connectivity index (χ0v) is 16.7. The number of benzene rings is 1. The molecule has 7 nitrogen and oxygen atoms in total. The lowest BCUT2D eigenvalue weighted by atomic mass is 9.98. The van der Waals surface area contributed by atoms with Crippen molar-refractivity contribution in [2.75, 3.05) is 13.1 Å². The highest BCUT2D eigenvalue weighted by Gasteiger charge is 2.34. The van der Waals surface area contributed by atoms with E-state index in [1.54, 1.807) is 17.5 Å². The first-order valence-corrected chi connectivity index (χ1v) is 10.8. The van der Waals surface area contributed by atoms with Gasteiger partial charge in [0.15, 0.2) is 0 Å². The fourth-order valence-corrected chi connectivity index (χ4v) is 5.46. The smallest absolute Gasteiger partial charge is 0.246 e. The molecule has 0 bridgehead atoms. The fourth-order valence-electron chi connectivity index (χ4n) is 3.95. The molecule has 0 unspecified atom stereocenters. The number of sulfonamides is 1. The summed E-state index contributed by atoms with van der Waals surface area (Å²) in [5.74, 6) is 1.07. The van der Waals surface area contributed by atoms with Gasteiger partial charge in [-0.25, -0.2) is 13.4 Å². The molecular weight excluding hydrogens is 362 g/mol. The third-order valence-corrected chi connectivity index (χ3v) is 7.03. The number of piperidine rings is 1. The highest BCUT2D eigenvalue weighted by molar-refractivity contribution is 7.89. The molecule has 27 heavy (non-hydrogen) atoms. The average molecular weight is 388 g/mol. The van der Waals surface area contributed by atoms with Gasteiger partial charge in [-0.15, -0.1) is 0 Å². The summed E-state index contributed by atoms with van der Waals surface area (Å²) >= 11 is 0. The van der Waals surface area contributed by atoms with Crippen molar-refractivity contribution in [1.29, 1.82) is 0 Å². The third kappa shape index (κ3) is 3.17. The molecule has 3 heterocycles. The Bertz CT molecular complexity index is 1070. The highest BCUT2D eigenvalue weighted by Crippen LogP contribution is 2.33. The summed E-state index contributed by atoms with van der Waals surface area (Å²) in [6.45, 7) is 5.28. The first-order chi connectivity index (χ1) is 12.9. The Morgan fingerprint density at radius 1 is 1.22 bits per heavy atom. The van der Waals surface area contributed by atoms with Crippen molar-refractivity contribution in [3.63, 3.8) is 0 Å². The van der Waals surface area contributed by atoms with Gasteiger partial charge in [0.25, 0.3) is 0 Å². The van der Waals surface area contributed by atoms with Crippen LogP contribution in [0.25, 0.3) is 11.0 Å². The quantitative estimate of drug-likeness (QED) is 0.690. The van der Waals surface area contributed by atoms with Gasteiger partial charge in [-0.3, -0.25) is 4.68 Å². The highest BCUT2D eigenvalue weighted by atomic mass is 32.2. The van der Waals surface area contributed by atoms with Crippen LogP contribution in [0.3, 0.4) is 0 Å². The third-order valence-electron chi connectivity index (χ3n) is 5.21. The molecule has 1 fully saturated rings. The molecule has 1 aliphatic heterocycles. The van der Waals surface area contributed by atoms with E-state index < -0.39 is 10.0 Å². The summed E-state index contributed by atoms with van der Waals surface area (Å²) in [6, 6.07) is 8.37. The lowest BCUT2D eigenvalue weighted by Crippen LogP contribution is -2.39. The number of hydrogen-bond acceptors (Lipinski definition) is 4. The van der Waals surface area contributed by atoms with E-state index in [-0.39, 0.29) is 16.9 Å². The van der Waals surface area contributed by atoms with Crippen molar-refractivity contribution in [1.82, 2.24) is 23.6 Å². The first-order valence-electron chi connectivity index (χ1n) is 9.33. The number of imidazole rings is 1. The fraction of sp³-hybridized carbons (Fsp3) is 0.474. The van der Waals surface area contributed by atoms with Crippen LogP contribution in [0.1, 0.15) is 44.5 Å². The molecule has 0 saturated carbocycles. The van der Waals surface area contributed by atoms with Crippen molar-refractivity contribution >= 4 is 21.1 Å². The van der Waals surface area contributed by atoms with Crippen LogP contribution in [-0.4, -0.2) is 45.1 Å². The molecule has 3 aromatic rings. The zero-order chi connectivity index (χ0) is 19.2. The number of aromatic nitrogens is 4. The Morgan fingerprint density at radius 2 is 2.00 bits per heavy atom. The summed E-state index contributed by atoms with van der Waals surface area (Å²) in [5, 5.41) is 4.02. The van der Waals surface area contributed by atoms with Gasteiger partial charge in [-0.1, -0.05) is 12.1 Å². The molecule has 1 atom stereocenters. The molecule has 4 rings (SSSR count). The minimum atomic E-state index is -3.53. The van der Waals surface area contributed by atoms with E-state index in [4.69, 9.17) is 4.98 Å². The number of fused-ring (bicyclic) bond motifs is 1. The second-order valence-corrected chi connectivity index (χ2v) is 9.41. The number of aryl methyl sites for hydroxylation is 1. The molecule has 144 valence electrons. The Hall–Kier alpha value is -2.19. The monoisotopic (exact) mass is 387 g/mol. The maximum atomic E-state index is 13.0. The SMILES string of the molecule is CC(C)n1c([C@H]2CCCN(S(=O)(=O)c3cnn(C)c3)C2)nc2ccccc21. The van der Waals surface area contributed by atoms with E-state index in [1.165, 1.54) is 10.9 Å². The van der Waals surface area contributed by atoms with E-state index in [1.807, 2.05) is 18.2 Å². The van der Waals surface area contributed by atoms with Crippen LogP contribution in [0.4, 0.5) is 0 Å². The molecule has 2 aromatic heterocycles. The van der Waals surface area contributed by atoms with Crippen molar-refractivity contribution in [2.45, 2.75) is 43.5 Å². The van der Waals surface area contributed by atoms with Crippen molar-refractivity contribution in [3.05, 3.63) is 42.5 Å². The van der Waals surface area contributed by atoms with Gasteiger partial charge in [-0.2, -0.15) is 9.40 Å². The van der Waals surface area contributed by atoms with Crippen LogP contribution < -0.4 is 0 Å². The van der Waals surface area contributed by atoms with Gasteiger partial charge < -0.3 is 4.57 Å². The Labute approximate surface area is 159 Å². The molecule has 0 N–H and O–H groups in total. The first kappa shape index (κ1) is 18.2. The van der Waals surface area contributed by atoms with E-state index in [2.05, 4.69) is 29.6 Å². The van der Waals surface area contributed by atoms with Crippen molar-refractivity contribution in [2.24, 2.45) is 7.05 Å². The van der Waals surface area contributed by atoms with E-state index >= 15 is 0 Å². The number of nitrogens with zero attached hydrogens (tertiary/aromatic N) is 5. The lowest BCUT2D eigenvalue weighted by molar-refractivity contribution is 0.303. The summed E-state index contributed by atoms with van der Waals surface area (Å²) in [7, 11) is -1.81. The maximum absolute atomic E-state index is 13.0. The van der Waals surface area contributed by atoms with Gasteiger partial charge in [0.2, 0.25) is 10.0 Å². The molecule has 8 heteroatoms. The Balaban J connectivity index is 1.70. The minimum Gasteiger partial charge on any atom is -0.325 e. The molecular formula is C19H25N5O2S. The van der Waals surface area contributed by atoms with E-state index in [0.29, 0.717) is 13.1 Å². The van der Waals surface area contributed by atoms with E-state index in [0.717, 1.165) is 29.7 Å². The normalized spacial score (nSPS) is 19.2. The molecule has 0 aliphatic carbocycles. The molecule has 0 amide bonds. The summed E-state index contributed by atoms with van der Waals surface area (Å²) in [6.07, 6.45) is 4.74. The molecule has 0 radical (unpaired) electrons. The molecule has 1 aromatic carbocycles. The lowest BCUT2D eigenvalue weighted by Gasteiger charge is -2.32. The molecule has 0 spiro atoms. The van der Waals surface area contributed by atoms with Gasteiger partial charge in [0.05, 0.1) is 17.2 Å². The van der Waals surface area contributed by atoms with E-state index in [9.17, 15) is 8.42 Å². The number of hydrogen-bond donors (Lipinski definition) is 0. The molecule has 1 saturated heterocycles. The van der Waals surface area contributed by atoms with Crippen LogP contribution in [-0.2, 0) is 17.1 Å². The summed E-state index contributed by atoms with van der Waals surface area (Å²) in [4.78, 5) is 5.13. The van der Waals surface area contributed by atoms with Gasteiger partial charge in [-0.05, 0) is 38.8 Å². The molecule has 1 aliphatic rings. The predicted molar refractivity (Wildman–Crippen MR) is 104 cm³/mol. The van der Waals surface area contributed by atoms with Crippen molar-refractivity contribution in [3.8, 4) is 0 Å². The van der Waals surface area contributed by atoms with Gasteiger partial charge in [0.1, 0.15) is 10.7 Å². The van der Waals surface area contributed by atoms with Crippen LogP contribution in [0.5, 0.6) is 0 Å².